The maximum Gasteiger partial charge on any atom is 0.0521 e. The Morgan fingerprint density at radius 2 is 2.33 bits per heavy atom. The van der Waals surface area contributed by atoms with Crippen LogP contribution in [0.15, 0.2) is 12.4 Å². The Labute approximate surface area is 111 Å². The van der Waals surface area contributed by atoms with E-state index < -0.39 is 0 Å². The van der Waals surface area contributed by atoms with E-state index in [4.69, 9.17) is 0 Å². The van der Waals surface area contributed by atoms with Crippen molar-refractivity contribution in [3.05, 3.63) is 18.0 Å². The van der Waals surface area contributed by atoms with Crippen molar-refractivity contribution in [2.24, 2.45) is 18.9 Å². The van der Waals surface area contributed by atoms with Crippen LogP contribution in [0.25, 0.3) is 0 Å². The van der Waals surface area contributed by atoms with Gasteiger partial charge in [0.25, 0.3) is 0 Å². The van der Waals surface area contributed by atoms with Gasteiger partial charge < -0.3 is 5.32 Å². The van der Waals surface area contributed by atoms with Crippen LogP contribution in [-0.2, 0) is 13.5 Å². The standard InChI is InChI=1S/C15H27N3/c1-4-12-5-7-14(9-12)15(16-2)8-6-13-10-17-18(3)11-13/h10-12,14-16H,4-9H2,1-3H3. The minimum Gasteiger partial charge on any atom is -0.317 e. The molecule has 0 radical (unpaired) electrons. The highest BCUT2D eigenvalue weighted by Crippen LogP contribution is 2.35. The monoisotopic (exact) mass is 249 g/mol. The molecule has 0 aliphatic heterocycles. The quantitative estimate of drug-likeness (QED) is 0.840. The zero-order chi connectivity index (χ0) is 13.0. The van der Waals surface area contributed by atoms with Gasteiger partial charge in [0.05, 0.1) is 6.20 Å². The highest BCUT2D eigenvalue weighted by atomic mass is 15.2. The second-order valence-electron chi connectivity index (χ2n) is 5.80. The van der Waals surface area contributed by atoms with Gasteiger partial charge in [0.15, 0.2) is 0 Å². The second kappa shape index (κ2) is 6.37. The van der Waals surface area contributed by atoms with Gasteiger partial charge in [0, 0.05) is 19.3 Å². The minimum absolute atomic E-state index is 0.682. The van der Waals surface area contributed by atoms with Crippen molar-refractivity contribution in [3.8, 4) is 0 Å². The smallest absolute Gasteiger partial charge is 0.0521 e. The van der Waals surface area contributed by atoms with Crippen molar-refractivity contribution in [2.75, 3.05) is 7.05 Å². The predicted molar refractivity (Wildman–Crippen MR) is 75.5 cm³/mol. The van der Waals surface area contributed by atoms with Crippen molar-refractivity contribution >= 4 is 0 Å². The molecule has 1 aromatic rings. The van der Waals surface area contributed by atoms with Gasteiger partial charge in [-0.05, 0) is 50.1 Å². The third-order valence-corrected chi connectivity index (χ3v) is 4.60. The fourth-order valence-corrected chi connectivity index (χ4v) is 3.39. The second-order valence-corrected chi connectivity index (χ2v) is 5.80. The molecule has 1 aliphatic rings. The topological polar surface area (TPSA) is 29.9 Å². The predicted octanol–water partition coefficient (Wildman–Crippen LogP) is 2.77. The highest BCUT2D eigenvalue weighted by molar-refractivity contribution is 5.04. The first kappa shape index (κ1) is 13.6. The van der Waals surface area contributed by atoms with Crippen LogP contribution in [0.3, 0.4) is 0 Å². The summed E-state index contributed by atoms with van der Waals surface area (Å²) >= 11 is 0. The number of aromatic nitrogens is 2. The van der Waals surface area contributed by atoms with E-state index in [9.17, 15) is 0 Å². The van der Waals surface area contributed by atoms with E-state index in [0.29, 0.717) is 6.04 Å². The Balaban J connectivity index is 1.82. The maximum absolute atomic E-state index is 4.24. The number of aryl methyl sites for hydroxylation is 2. The maximum atomic E-state index is 4.24. The minimum atomic E-state index is 0.682. The molecule has 0 amide bonds. The highest BCUT2D eigenvalue weighted by Gasteiger charge is 2.28. The third-order valence-electron chi connectivity index (χ3n) is 4.60. The number of hydrogen-bond acceptors (Lipinski definition) is 2. The molecule has 1 aromatic heterocycles. The van der Waals surface area contributed by atoms with Crippen LogP contribution in [0.5, 0.6) is 0 Å². The van der Waals surface area contributed by atoms with E-state index in [-0.39, 0.29) is 0 Å². The zero-order valence-electron chi connectivity index (χ0n) is 12.0. The lowest BCUT2D eigenvalue weighted by Gasteiger charge is -2.23. The lowest BCUT2D eigenvalue weighted by Crippen LogP contribution is -2.32. The molecule has 1 saturated carbocycles. The van der Waals surface area contributed by atoms with Crippen LogP contribution < -0.4 is 5.32 Å². The molecule has 18 heavy (non-hydrogen) atoms. The van der Waals surface area contributed by atoms with Crippen molar-refractivity contribution in [1.82, 2.24) is 15.1 Å². The molecular formula is C15H27N3. The van der Waals surface area contributed by atoms with Crippen LogP contribution in [0.4, 0.5) is 0 Å². The van der Waals surface area contributed by atoms with Crippen molar-refractivity contribution in [1.29, 1.82) is 0 Å². The Hall–Kier alpha value is -0.830. The molecule has 0 aromatic carbocycles. The summed E-state index contributed by atoms with van der Waals surface area (Å²) in [4.78, 5) is 0. The molecule has 1 aliphatic carbocycles. The van der Waals surface area contributed by atoms with E-state index in [1.807, 2.05) is 17.9 Å². The Kier molecular flexibility index (Phi) is 4.81. The van der Waals surface area contributed by atoms with Gasteiger partial charge in [-0.1, -0.05) is 19.8 Å². The van der Waals surface area contributed by atoms with E-state index in [1.165, 1.54) is 37.7 Å². The van der Waals surface area contributed by atoms with Gasteiger partial charge in [-0.15, -0.1) is 0 Å². The Morgan fingerprint density at radius 3 is 2.89 bits per heavy atom. The fraction of sp³-hybridized carbons (Fsp3) is 0.800. The molecule has 1 fully saturated rings. The van der Waals surface area contributed by atoms with Gasteiger partial charge in [0.2, 0.25) is 0 Å². The van der Waals surface area contributed by atoms with Crippen molar-refractivity contribution in [2.45, 2.75) is 51.5 Å². The number of nitrogens with one attached hydrogen (secondary N) is 1. The molecule has 1 heterocycles. The number of rotatable bonds is 6. The molecule has 2 rings (SSSR count). The van der Waals surface area contributed by atoms with Crippen LogP contribution in [-0.4, -0.2) is 22.9 Å². The molecule has 3 nitrogen and oxygen atoms in total. The van der Waals surface area contributed by atoms with Crippen LogP contribution in [0.2, 0.25) is 0 Å². The number of hydrogen-bond donors (Lipinski definition) is 1. The summed E-state index contributed by atoms with van der Waals surface area (Å²) in [7, 11) is 4.11. The molecule has 0 bridgehead atoms. The van der Waals surface area contributed by atoms with Crippen LogP contribution in [0, 0.1) is 11.8 Å². The normalized spacial score (nSPS) is 25.5. The average Bonchev–Trinajstić information content (AvgIpc) is 2.99. The van der Waals surface area contributed by atoms with Crippen molar-refractivity contribution < 1.29 is 0 Å². The lowest BCUT2D eigenvalue weighted by atomic mass is 9.92. The van der Waals surface area contributed by atoms with Gasteiger partial charge in [-0.3, -0.25) is 4.68 Å². The summed E-state index contributed by atoms with van der Waals surface area (Å²) in [5.41, 5.74) is 1.36. The van der Waals surface area contributed by atoms with Gasteiger partial charge in [-0.25, -0.2) is 0 Å². The molecule has 3 unspecified atom stereocenters. The van der Waals surface area contributed by atoms with Gasteiger partial charge in [0.1, 0.15) is 0 Å². The van der Waals surface area contributed by atoms with E-state index in [2.05, 4.69) is 30.6 Å². The summed E-state index contributed by atoms with van der Waals surface area (Å²) in [5.74, 6) is 1.86. The SMILES string of the molecule is CCC1CCC(C(CCc2cnn(C)c2)NC)C1. The first-order chi connectivity index (χ1) is 8.72. The summed E-state index contributed by atoms with van der Waals surface area (Å²) in [6, 6.07) is 0.682. The molecule has 0 spiro atoms. The molecule has 0 saturated heterocycles. The average molecular weight is 249 g/mol. The Bertz CT molecular complexity index is 358. The zero-order valence-corrected chi connectivity index (χ0v) is 12.0. The summed E-state index contributed by atoms with van der Waals surface area (Å²) in [6.45, 7) is 2.33. The van der Waals surface area contributed by atoms with Crippen LogP contribution >= 0.6 is 0 Å². The largest absolute Gasteiger partial charge is 0.317 e. The number of nitrogens with zero attached hydrogens (tertiary/aromatic N) is 2. The molecule has 3 heteroatoms. The first-order valence-electron chi connectivity index (χ1n) is 7.37. The van der Waals surface area contributed by atoms with Crippen molar-refractivity contribution in [3.63, 3.8) is 0 Å². The first-order valence-corrected chi connectivity index (χ1v) is 7.37. The molecule has 102 valence electrons. The third kappa shape index (κ3) is 3.35. The van der Waals surface area contributed by atoms with E-state index >= 15 is 0 Å². The van der Waals surface area contributed by atoms with E-state index in [0.717, 1.165) is 18.3 Å². The Morgan fingerprint density at radius 1 is 1.50 bits per heavy atom. The summed E-state index contributed by atoms with van der Waals surface area (Å²) in [6.07, 6.45) is 12.1. The summed E-state index contributed by atoms with van der Waals surface area (Å²) in [5, 5.41) is 7.78. The summed E-state index contributed by atoms with van der Waals surface area (Å²) < 4.78 is 1.90. The van der Waals surface area contributed by atoms with Gasteiger partial charge in [-0.2, -0.15) is 5.10 Å². The lowest BCUT2D eigenvalue weighted by molar-refractivity contribution is 0.346. The van der Waals surface area contributed by atoms with Crippen LogP contribution in [0.1, 0.15) is 44.6 Å². The fourth-order valence-electron chi connectivity index (χ4n) is 3.39. The van der Waals surface area contributed by atoms with E-state index in [1.54, 1.807) is 0 Å². The molecule has 1 N–H and O–H groups in total. The van der Waals surface area contributed by atoms with Gasteiger partial charge >= 0.3 is 0 Å². The molecule has 3 atom stereocenters. The molecular weight excluding hydrogens is 222 g/mol.